The summed E-state index contributed by atoms with van der Waals surface area (Å²) in [4.78, 5) is 15.9. The van der Waals surface area contributed by atoms with Crippen molar-refractivity contribution in [2.45, 2.75) is 75.1 Å². The molecule has 0 aliphatic rings. The van der Waals surface area contributed by atoms with Crippen LogP contribution in [0.2, 0.25) is 0 Å². The maximum atomic E-state index is 12.3. The van der Waals surface area contributed by atoms with Crippen LogP contribution in [0.25, 0.3) is 10.9 Å². The highest BCUT2D eigenvalue weighted by molar-refractivity contribution is 7.99. The topological polar surface area (TPSA) is 42.2 Å². The highest BCUT2D eigenvalue weighted by Gasteiger charge is 2.32. The van der Waals surface area contributed by atoms with Gasteiger partial charge in [-0.1, -0.05) is 55.9 Å². The lowest BCUT2D eigenvalue weighted by atomic mass is 9.88. The highest BCUT2D eigenvalue weighted by atomic mass is 32.2. The molecule has 0 aliphatic carbocycles. The summed E-state index contributed by atoms with van der Waals surface area (Å²) in [6.07, 6.45) is 2.54. The summed E-state index contributed by atoms with van der Waals surface area (Å²) in [5.74, 6) is -0.372. The molecule has 0 saturated heterocycles. The number of fused-ring (bicyclic) bond motifs is 1. The van der Waals surface area contributed by atoms with E-state index < -0.39 is 11.4 Å². The van der Waals surface area contributed by atoms with Crippen molar-refractivity contribution < 1.29 is 9.90 Å². The van der Waals surface area contributed by atoms with E-state index in [1.165, 1.54) is 42.3 Å². The Bertz CT molecular complexity index is 1430. The van der Waals surface area contributed by atoms with Gasteiger partial charge in [-0.25, -0.2) is 0 Å². The van der Waals surface area contributed by atoms with Crippen LogP contribution < -0.4 is 0 Å². The maximum Gasteiger partial charge on any atom is 0.309 e. The van der Waals surface area contributed by atoms with Crippen LogP contribution in [-0.2, 0) is 17.8 Å². The molecule has 3 aromatic carbocycles. The van der Waals surface area contributed by atoms with Gasteiger partial charge >= 0.3 is 5.97 Å². The van der Waals surface area contributed by atoms with Crippen molar-refractivity contribution in [2.75, 3.05) is 6.26 Å². The molecule has 194 valence electrons. The number of rotatable bonds is 9. The lowest BCUT2D eigenvalue weighted by molar-refractivity contribution is -0.146. The maximum absolute atomic E-state index is 12.3. The SMILES string of the molecule is CSc1ccc(Cn2c(CC(C)(C)C(=O)O)c(Sc3cc(C)ccc3C)c3cc(C(C)C)ccc32)cc1. The first kappa shape index (κ1) is 27.4. The first-order valence-electron chi connectivity index (χ1n) is 12.8. The Hall–Kier alpha value is -2.63. The van der Waals surface area contributed by atoms with Gasteiger partial charge in [-0.3, -0.25) is 4.79 Å². The number of aryl methyl sites for hydroxylation is 2. The molecule has 5 heteroatoms. The van der Waals surface area contributed by atoms with Gasteiger partial charge in [0.2, 0.25) is 0 Å². The largest absolute Gasteiger partial charge is 0.481 e. The molecule has 37 heavy (non-hydrogen) atoms. The molecule has 1 aromatic heterocycles. The van der Waals surface area contributed by atoms with Crippen molar-refractivity contribution in [3.63, 3.8) is 0 Å². The van der Waals surface area contributed by atoms with E-state index in [9.17, 15) is 9.90 Å². The van der Waals surface area contributed by atoms with E-state index in [-0.39, 0.29) is 0 Å². The first-order chi connectivity index (χ1) is 17.5. The molecule has 0 saturated carbocycles. The van der Waals surface area contributed by atoms with Gasteiger partial charge in [-0.2, -0.15) is 0 Å². The molecular weight excluding hydrogens is 494 g/mol. The van der Waals surface area contributed by atoms with Gasteiger partial charge in [0, 0.05) is 44.2 Å². The summed E-state index contributed by atoms with van der Waals surface area (Å²) in [5, 5.41) is 11.3. The van der Waals surface area contributed by atoms with E-state index in [1.54, 1.807) is 23.5 Å². The van der Waals surface area contributed by atoms with Gasteiger partial charge in [0.05, 0.1) is 5.41 Å². The molecule has 0 unspecified atom stereocenters. The summed E-state index contributed by atoms with van der Waals surface area (Å²) in [6.45, 7) is 13.1. The molecule has 0 bridgehead atoms. The van der Waals surface area contributed by atoms with E-state index >= 15 is 0 Å². The molecule has 0 fully saturated rings. The van der Waals surface area contributed by atoms with Crippen molar-refractivity contribution in [2.24, 2.45) is 5.41 Å². The summed E-state index contributed by atoms with van der Waals surface area (Å²) in [7, 11) is 0. The molecule has 0 amide bonds. The van der Waals surface area contributed by atoms with Crippen molar-refractivity contribution in [1.82, 2.24) is 4.57 Å². The molecule has 4 rings (SSSR count). The third kappa shape index (κ3) is 5.94. The second kappa shape index (κ2) is 11.0. The van der Waals surface area contributed by atoms with E-state index in [0.29, 0.717) is 18.9 Å². The summed E-state index contributed by atoms with van der Waals surface area (Å²) in [6, 6.07) is 22.0. The van der Waals surface area contributed by atoms with Gasteiger partial charge in [-0.15, -0.1) is 11.8 Å². The van der Waals surface area contributed by atoms with Gasteiger partial charge in [0.15, 0.2) is 0 Å². The zero-order chi connectivity index (χ0) is 26.9. The van der Waals surface area contributed by atoms with Gasteiger partial charge in [-0.05, 0) is 92.5 Å². The molecule has 0 aliphatic heterocycles. The predicted molar refractivity (Wildman–Crippen MR) is 159 cm³/mol. The summed E-state index contributed by atoms with van der Waals surface area (Å²) < 4.78 is 2.35. The summed E-state index contributed by atoms with van der Waals surface area (Å²) >= 11 is 3.51. The highest BCUT2D eigenvalue weighted by Crippen LogP contribution is 2.43. The number of hydrogen-bond acceptors (Lipinski definition) is 3. The fraction of sp³-hybridized carbons (Fsp3) is 0.344. The lowest BCUT2D eigenvalue weighted by Gasteiger charge is -2.22. The minimum absolute atomic E-state index is 0.407. The minimum Gasteiger partial charge on any atom is -0.481 e. The Labute approximate surface area is 229 Å². The number of aliphatic carboxylic acids is 1. The summed E-state index contributed by atoms with van der Waals surface area (Å²) in [5.41, 5.74) is 6.30. The third-order valence-electron chi connectivity index (χ3n) is 7.05. The van der Waals surface area contributed by atoms with Gasteiger partial charge in [0.1, 0.15) is 0 Å². The second-order valence-electron chi connectivity index (χ2n) is 10.9. The van der Waals surface area contributed by atoms with Crippen molar-refractivity contribution >= 4 is 40.4 Å². The zero-order valence-electron chi connectivity index (χ0n) is 22.9. The second-order valence-corrected chi connectivity index (χ2v) is 12.8. The average molecular weight is 532 g/mol. The van der Waals surface area contributed by atoms with Crippen molar-refractivity contribution in [3.05, 3.63) is 88.6 Å². The van der Waals surface area contributed by atoms with Crippen LogP contribution in [0.3, 0.4) is 0 Å². The number of aromatic nitrogens is 1. The minimum atomic E-state index is -0.896. The zero-order valence-corrected chi connectivity index (χ0v) is 24.5. The molecule has 0 spiro atoms. The van der Waals surface area contributed by atoms with Crippen LogP contribution >= 0.6 is 23.5 Å². The number of hydrogen-bond donors (Lipinski definition) is 1. The van der Waals surface area contributed by atoms with Crippen LogP contribution in [0.15, 0.2) is 75.4 Å². The van der Waals surface area contributed by atoms with Gasteiger partial charge < -0.3 is 9.67 Å². The predicted octanol–water partition coefficient (Wildman–Crippen LogP) is 8.96. The normalized spacial score (nSPS) is 12.0. The Morgan fingerprint density at radius 2 is 1.70 bits per heavy atom. The molecular formula is C32H37NO2S2. The van der Waals surface area contributed by atoms with Gasteiger partial charge in [0.25, 0.3) is 0 Å². The van der Waals surface area contributed by atoms with Crippen LogP contribution in [0.4, 0.5) is 0 Å². The number of carboxylic acids is 1. The van der Waals surface area contributed by atoms with Crippen LogP contribution in [0.1, 0.15) is 61.6 Å². The molecule has 0 radical (unpaired) electrons. The van der Waals surface area contributed by atoms with E-state index in [4.69, 9.17) is 0 Å². The quantitative estimate of drug-likeness (QED) is 0.219. The number of carbonyl (C=O) groups is 1. The van der Waals surface area contributed by atoms with Crippen molar-refractivity contribution in [1.29, 1.82) is 0 Å². The Balaban J connectivity index is 1.98. The Morgan fingerprint density at radius 1 is 1.00 bits per heavy atom. The average Bonchev–Trinajstić information content (AvgIpc) is 3.12. The number of benzene rings is 3. The Morgan fingerprint density at radius 3 is 2.32 bits per heavy atom. The van der Waals surface area contributed by atoms with Crippen LogP contribution in [0, 0.1) is 19.3 Å². The molecule has 1 N–H and O–H groups in total. The smallest absolute Gasteiger partial charge is 0.309 e. The van der Waals surface area contributed by atoms with E-state index in [2.05, 4.69) is 99.2 Å². The number of nitrogens with zero attached hydrogens (tertiary/aromatic N) is 1. The molecule has 0 atom stereocenters. The fourth-order valence-electron chi connectivity index (χ4n) is 4.56. The van der Waals surface area contributed by atoms with Crippen LogP contribution in [-0.4, -0.2) is 21.9 Å². The number of thioether (sulfide) groups is 1. The molecule has 1 heterocycles. The monoisotopic (exact) mass is 531 g/mol. The fourth-order valence-corrected chi connectivity index (χ4v) is 6.23. The first-order valence-corrected chi connectivity index (χ1v) is 14.8. The van der Waals surface area contributed by atoms with Crippen LogP contribution in [0.5, 0.6) is 0 Å². The third-order valence-corrected chi connectivity index (χ3v) is 9.12. The van der Waals surface area contributed by atoms with Crippen molar-refractivity contribution in [3.8, 4) is 0 Å². The Kier molecular flexibility index (Phi) is 8.15. The number of carboxylic acid groups (broad SMARTS) is 1. The lowest BCUT2D eigenvalue weighted by Crippen LogP contribution is -2.27. The standard InChI is InChI=1S/C32H37NO2S2/c1-20(2)24-12-15-27-26(17-24)30(37-29-16-21(3)8-9-22(29)4)28(18-32(5,6)31(34)35)33(27)19-23-10-13-25(36-7)14-11-23/h8-17,20H,18-19H2,1-7H3,(H,34,35). The molecule has 4 aromatic rings. The van der Waals surface area contributed by atoms with E-state index in [0.717, 1.165) is 11.2 Å². The molecule has 3 nitrogen and oxygen atoms in total. The van der Waals surface area contributed by atoms with E-state index in [1.807, 2.05) is 13.8 Å².